The van der Waals surface area contributed by atoms with Crippen LogP contribution >= 0.6 is 0 Å². The predicted molar refractivity (Wildman–Crippen MR) is 96.9 cm³/mol. The van der Waals surface area contributed by atoms with Crippen LogP contribution in [0.15, 0.2) is 71.7 Å². The Bertz CT molecular complexity index is 1080. The zero-order valence-corrected chi connectivity index (χ0v) is 14.3. The summed E-state index contributed by atoms with van der Waals surface area (Å²) in [5.41, 5.74) is 3.77. The lowest BCUT2D eigenvalue weighted by Gasteiger charge is -2.16. The quantitative estimate of drug-likeness (QED) is 0.563. The minimum absolute atomic E-state index is 0.109. The third-order valence-electron chi connectivity index (χ3n) is 4.57. The zero-order valence-electron chi connectivity index (χ0n) is 14.3. The molecule has 132 valence electrons. The second-order valence-corrected chi connectivity index (χ2v) is 6.30. The van der Waals surface area contributed by atoms with E-state index in [1.165, 1.54) is 6.33 Å². The lowest BCUT2D eigenvalue weighted by Crippen LogP contribution is -2.27. The molecule has 0 radical (unpaired) electrons. The Morgan fingerprint density at radius 2 is 1.96 bits per heavy atom. The van der Waals surface area contributed by atoms with Crippen LogP contribution in [0.4, 0.5) is 0 Å². The molecule has 4 heterocycles. The molecule has 7 heteroatoms. The van der Waals surface area contributed by atoms with Crippen molar-refractivity contribution in [2.24, 2.45) is 0 Å². The number of hydrogen-bond acceptors (Lipinski definition) is 5. The Labute approximate surface area is 154 Å². The molecule has 0 bridgehead atoms. The Hall–Kier alpha value is -3.74. The van der Waals surface area contributed by atoms with Crippen molar-refractivity contribution in [1.82, 2.24) is 24.6 Å². The summed E-state index contributed by atoms with van der Waals surface area (Å²) in [4.78, 5) is 23.3. The number of amides is 1. The maximum Gasteiger partial charge on any atom is 0.273 e. The number of carbonyl (C=O) groups excluding carboxylic acids is 1. The summed E-state index contributed by atoms with van der Waals surface area (Å²) in [6, 6.07) is 15.0. The van der Waals surface area contributed by atoms with Crippen LogP contribution in [0.25, 0.3) is 17.1 Å². The predicted octanol–water partition coefficient (Wildman–Crippen LogP) is 3.08. The van der Waals surface area contributed by atoms with Gasteiger partial charge >= 0.3 is 0 Å². The van der Waals surface area contributed by atoms with Gasteiger partial charge in [0.2, 0.25) is 0 Å². The van der Waals surface area contributed by atoms with Gasteiger partial charge in [0.25, 0.3) is 5.91 Å². The SMILES string of the molecule is O=C(c1cc(-c2ccco2)nn1-c1ccccc1)N1Cc2cncnc2C1. The van der Waals surface area contributed by atoms with Gasteiger partial charge in [0, 0.05) is 24.4 Å². The second-order valence-electron chi connectivity index (χ2n) is 6.30. The second kappa shape index (κ2) is 6.21. The molecule has 4 aromatic rings. The molecule has 0 aliphatic carbocycles. The molecule has 27 heavy (non-hydrogen) atoms. The van der Waals surface area contributed by atoms with E-state index in [-0.39, 0.29) is 5.91 Å². The van der Waals surface area contributed by atoms with Gasteiger partial charge in [-0.1, -0.05) is 18.2 Å². The van der Waals surface area contributed by atoms with Gasteiger partial charge in [-0.2, -0.15) is 5.10 Å². The van der Waals surface area contributed by atoms with Crippen molar-refractivity contribution in [3.05, 3.63) is 84.3 Å². The molecule has 7 nitrogen and oxygen atoms in total. The van der Waals surface area contributed by atoms with E-state index in [4.69, 9.17) is 4.42 Å². The molecular weight excluding hydrogens is 342 g/mol. The standard InChI is InChI=1S/C20H15N5O2/c26-20(24-11-14-10-21-13-22-17(14)12-24)18-9-16(19-7-4-8-27-19)23-25(18)15-5-2-1-3-6-15/h1-10,13H,11-12H2. The van der Waals surface area contributed by atoms with E-state index in [1.807, 2.05) is 36.4 Å². The van der Waals surface area contributed by atoms with E-state index in [9.17, 15) is 4.79 Å². The van der Waals surface area contributed by atoms with Gasteiger partial charge < -0.3 is 9.32 Å². The maximum atomic E-state index is 13.3. The van der Waals surface area contributed by atoms with E-state index >= 15 is 0 Å². The van der Waals surface area contributed by atoms with Crippen LogP contribution < -0.4 is 0 Å². The number of benzene rings is 1. The molecule has 0 unspecified atom stereocenters. The lowest BCUT2D eigenvalue weighted by atomic mass is 10.2. The van der Waals surface area contributed by atoms with Gasteiger partial charge in [-0.25, -0.2) is 14.6 Å². The normalized spacial score (nSPS) is 13.0. The summed E-state index contributed by atoms with van der Waals surface area (Å²) < 4.78 is 7.12. The molecule has 0 N–H and O–H groups in total. The van der Waals surface area contributed by atoms with Crippen LogP contribution in [0.2, 0.25) is 0 Å². The number of nitrogens with zero attached hydrogens (tertiary/aromatic N) is 5. The summed E-state index contributed by atoms with van der Waals surface area (Å²) in [5.74, 6) is 0.511. The van der Waals surface area contributed by atoms with Crippen molar-refractivity contribution in [3.8, 4) is 17.1 Å². The first-order chi connectivity index (χ1) is 13.3. The molecule has 0 saturated carbocycles. The lowest BCUT2D eigenvalue weighted by molar-refractivity contribution is 0.0741. The smallest absolute Gasteiger partial charge is 0.273 e. The van der Waals surface area contributed by atoms with Crippen LogP contribution in [0, 0.1) is 0 Å². The van der Waals surface area contributed by atoms with Crippen LogP contribution in [0.3, 0.4) is 0 Å². The fraction of sp³-hybridized carbons (Fsp3) is 0.100. The summed E-state index contributed by atoms with van der Waals surface area (Å²) in [5, 5.41) is 4.61. The Morgan fingerprint density at radius 1 is 1.07 bits per heavy atom. The number of para-hydroxylation sites is 1. The Balaban J connectivity index is 1.56. The van der Waals surface area contributed by atoms with E-state index in [0.29, 0.717) is 30.2 Å². The van der Waals surface area contributed by atoms with Crippen molar-refractivity contribution in [2.45, 2.75) is 13.1 Å². The monoisotopic (exact) mass is 357 g/mol. The topological polar surface area (TPSA) is 77.0 Å². The zero-order chi connectivity index (χ0) is 18.2. The average Bonchev–Trinajstić information content (AvgIpc) is 3.46. The number of fused-ring (bicyclic) bond motifs is 1. The molecule has 3 aromatic heterocycles. The van der Waals surface area contributed by atoms with Gasteiger partial charge in [-0.3, -0.25) is 4.79 Å². The molecule has 0 spiro atoms. The minimum atomic E-state index is -0.109. The van der Waals surface area contributed by atoms with Gasteiger partial charge in [-0.05, 0) is 24.3 Å². The number of carbonyl (C=O) groups is 1. The molecule has 1 amide bonds. The first-order valence-corrected chi connectivity index (χ1v) is 8.56. The highest BCUT2D eigenvalue weighted by molar-refractivity contribution is 5.94. The first kappa shape index (κ1) is 15.5. The largest absolute Gasteiger partial charge is 0.463 e. The minimum Gasteiger partial charge on any atom is -0.463 e. The van der Waals surface area contributed by atoms with Crippen molar-refractivity contribution < 1.29 is 9.21 Å². The fourth-order valence-electron chi connectivity index (χ4n) is 3.25. The van der Waals surface area contributed by atoms with E-state index < -0.39 is 0 Å². The summed E-state index contributed by atoms with van der Waals surface area (Å²) >= 11 is 0. The molecular formula is C20H15N5O2. The van der Waals surface area contributed by atoms with Crippen molar-refractivity contribution in [3.63, 3.8) is 0 Å². The molecule has 0 atom stereocenters. The van der Waals surface area contributed by atoms with Gasteiger partial charge in [0.15, 0.2) is 5.76 Å². The highest BCUT2D eigenvalue weighted by Crippen LogP contribution is 2.26. The van der Waals surface area contributed by atoms with Crippen LogP contribution in [0.1, 0.15) is 21.7 Å². The third kappa shape index (κ3) is 2.69. The molecule has 1 aliphatic heterocycles. The number of furan rings is 1. The van der Waals surface area contributed by atoms with E-state index in [0.717, 1.165) is 16.9 Å². The Kier molecular flexibility index (Phi) is 3.57. The molecule has 0 fully saturated rings. The van der Waals surface area contributed by atoms with Crippen molar-refractivity contribution >= 4 is 5.91 Å². The number of hydrogen-bond donors (Lipinski definition) is 0. The van der Waals surface area contributed by atoms with E-state index in [1.54, 1.807) is 34.2 Å². The molecule has 1 aromatic carbocycles. The highest BCUT2D eigenvalue weighted by Gasteiger charge is 2.29. The molecule has 1 aliphatic rings. The Morgan fingerprint density at radius 3 is 2.74 bits per heavy atom. The third-order valence-corrected chi connectivity index (χ3v) is 4.57. The fourth-order valence-corrected chi connectivity index (χ4v) is 3.25. The number of rotatable bonds is 3. The van der Waals surface area contributed by atoms with Crippen molar-refractivity contribution in [2.75, 3.05) is 0 Å². The number of aromatic nitrogens is 4. The first-order valence-electron chi connectivity index (χ1n) is 8.56. The molecule has 5 rings (SSSR count). The summed E-state index contributed by atoms with van der Waals surface area (Å²) in [6.45, 7) is 0.956. The van der Waals surface area contributed by atoms with Gasteiger partial charge in [0.1, 0.15) is 17.7 Å². The van der Waals surface area contributed by atoms with Gasteiger partial charge in [0.05, 0.1) is 24.2 Å². The summed E-state index contributed by atoms with van der Waals surface area (Å²) in [7, 11) is 0. The average molecular weight is 357 g/mol. The van der Waals surface area contributed by atoms with E-state index in [2.05, 4.69) is 15.1 Å². The molecule has 0 saturated heterocycles. The van der Waals surface area contributed by atoms with Crippen molar-refractivity contribution in [1.29, 1.82) is 0 Å². The highest BCUT2D eigenvalue weighted by atomic mass is 16.3. The van der Waals surface area contributed by atoms with Gasteiger partial charge in [-0.15, -0.1) is 0 Å². The van der Waals surface area contributed by atoms with Crippen LogP contribution in [0.5, 0.6) is 0 Å². The summed E-state index contributed by atoms with van der Waals surface area (Å²) in [6.07, 6.45) is 4.86. The van der Waals surface area contributed by atoms with Crippen LogP contribution in [-0.2, 0) is 13.1 Å². The maximum absolute atomic E-state index is 13.3. The van der Waals surface area contributed by atoms with Crippen LogP contribution in [-0.4, -0.2) is 30.6 Å².